The summed E-state index contributed by atoms with van der Waals surface area (Å²) in [6.07, 6.45) is 1.08. The highest BCUT2D eigenvalue weighted by molar-refractivity contribution is 8.16. The van der Waals surface area contributed by atoms with E-state index in [4.69, 9.17) is 0 Å². The number of halogens is 3. The van der Waals surface area contributed by atoms with Gasteiger partial charge in [-0.05, 0) is 38.5 Å². The average Bonchev–Trinajstić information content (AvgIpc) is 2.98. The molecule has 1 N–H and O–H groups in total. The van der Waals surface area contributed by atoms with Crippen molar-refractivity contribution < 1.29 is 18.0 Å². The summed E-state index contributed by atoms with van der Waals surface area (Å²) in [5.74, 6) is -1.23. The second-order valence-corrected chi connectivity index (χ2v) is 7.63. The molecule has 1 amide bonds. The second-order valence-electron chi connectivity index (χ2n) is 6.26. The quantitative estimate of drug-likeness (QED) is 0.802. The third kappa shape index (κ3) is 3.07. The van der Waals surface area contributed by atoms with E-state index in [0.717, 1.165) is 25.7 Å². The second kappa shape index (κ2) is 5.48. The minimum absolute atomic E-state index is 0.0132. The van der Waals surface area contributed by atoms with Crippen LogP contribution in [0, 0.1) is 5.92 Å². The van der Waals surface area contributed by atoms with E-state index in [1.807, 2.05) is 0 Å². The van der Waals surface area contributed by atoms with Crippen molar-refractivity contribution in [2.24, 2.45) is 10.9 Å². The van der Waals surface area contributed by atoms with Gasteiger partial charge >= 0.3 is 6.18 Å². The normalized spacial score (nSPS) is 32.5. The molecule has 1 aliphatic heterocycles. The van der Waals surface area contributed by atoms with Crippen molar-refractivity contribution in [2.75, 3.05) is 0 Å². The van der Waals surface area contributed by atoms with Gasteiger partial charge in [0.15, 0.2) is 5.17 Å². The highest BCUT2D eigenvalue weighted by Gasteiger charge is 2.48. The molecule has 3 nitrogen and oxygen atoms in total. The van der Waals surface area contributed by atoms with Gasteiger partial charge in [-0.3, -0.25) is 4.79 Å². The number of rotatable bonds is 1. The molecular weight excluding hydrogens is 301 g/mol. The van der Waals surface area contributed by atoms with E-state index in [1.54, 1.807) is 0 Å². The maximum Gasteiger partial charge on any atom is 0.391 e. The van der Waals surface area contributed by atoms with E-state index in [0.29, 0.717) is 18.0 Å². The zero-order valence-corrected chi connectivity index (χ0v) is 12.5. The molecule has 0 bridgehead atoms. The molecule has 3 aliphatic rings. The molecule has 1 heterocycles. The Labute approximate surface area is 126 Å². The number of carbonyl (C=O) groups is 1. The largest absolute Gasteiger partial charge is 0.391 e. The molecule has 0 radical (unpaired) electrons. The number of carbonyl (C=O) groups excluding carboxylic acids is 1. The first kappa shape index (κ1) is 15.2. The van der Waals surface area contributed by atoms with Crippen LogP contribution in [0.15, 0.2) is 4.99 Å². The van der Waals surface area contributed by atoms with Crippen molar-refractivity contribution in [3.63, 3.8) is 0 Å². The highest BCUT2D eigenvalue weighted by atomic mass is 32.2. The van der Waals surface area contributed by atoms with Gasteiger partial charge in [-0.1, -0.05) is 24.6 Å². The smallest absolute Gasteiger partial charge is 0.362 e. The number of hydrogen-bond acceptors (Lipinski definition) is 3. The summed E-state index contributed by atoms with van der Waals surface area (Å²) in [5.41, 5.74) is 0. The number of nitrogens with one attached hydrogen (secondary N) is 1. The van der Waals surface area contributed by atoms with E-state index in [-0.39, 0.29) is 29.5 Å². The lowest BCUT2D eigenvalue weighted by atomic mass is 9.86. The molecule has 2 saturated carbocycles. The summed E-state index contributed by atoms with van der Waals surface area (Å²) in [6.45, 7) is 0. The molecule has 3 rings (SSSR count). The number of amidine groups is 1. The van der Waals surface area contributed by atoms with Crippen molar-refractivity contribution >= 4 is 22.8 Å². The number of alkyl halides is 3. The molecular formula is C14H19F3N2OS. The van der Waals surface area contributed by atoms with E-state index >= 15 is 0 Å². The first-order valence-electron chi connectivity index (χ1n) is 7.54. The summed E-state index contributed by atoms with van der Waals surface area (Å²) in [5, 5.41) is 3.82. The van der Waals surface area contributed by atoms with Crippen LogP contribution in [0.2, 0.25) is 0 Å². The van der Waals surface area contributed by atoms with E-state index in [1.165, 1.54) is 11.8 Å². The van der Waals surface area contributed by atoms with Crippen LogP contribution in [0.25, 0.3) is 0 Å². The molecule has 0 unspecified atom stereocenters. The van der Waals surface area contributed by atoms with Crippen LogP contribution in [0.3, 0.4) is 0 Å². The molecule has 2 fully saturated rings. The fourth-order valence-electron chi connectivity index (χ4n) is 3.51. The van der Waals surface area contributed by atoms with Crippen LogP contribution in [0.1, 0.15) is 51.4 Å². The van der Waals surface area contributed by atoms with Crippen molar-refractivity contribution in [1.82, 2.24) is 5.32 Å². The highest BCUT2D eigenvalue weighted by Crippen LogP contribution is 2.46. The Balaban J connectivity index is 1.53. The lowest BCUT2D eigenvalue weighted by Gasteiger charge is -2.30. The molecule has 0 aromatic carbocycles. The predicted molar refractivity (Wildman–Crippen MR) is 76.2 cm³/mol. The summed E-state index contributed by atoms with van der Waals surface area (Å²) >= 11 is 1.50. The molecule has 1 spiro atoms. The standard InChI is InChI=1S/C14H19F3N2OS/c15-14(16,17)9-3-5-10(6-4-9)18-12-19-11(20)13(21-12)7-1-2-8-13/h9-10H,1-8H2,(H,18,19,20)/t9-,10+. The molecule has 2 aliphatic carbocycles. The lowest BCUT2D eigenvalue weighted by Crippen LogP contribution is -2.39. The van der Waals surface area contributed by atoms with Gasteiger partial charge in [0.1, 0.15) is 4.75 Å². The zero-order chi connectivity index (χ0) is 15.1. The maximum atomic E-state index is 12.6. The van der Waals surface area contributed by atoms with Gasteiger partial charge in [0.2, 0.25) is 0 Å². The molecule has 0 aromatic rings. The van der Waals surface area contributed by atoms with Gasteiger partial charge in [-0.2, -0.15) is 18.2 Å². The van der Waals surface area contributed by atoms with Crippen LogP contribution in [0.4, 0.5) is 13.2 Å². The Hall–Kier alpha value is -0.720. The van der Waals surface area contributed by atoms with Gasteiger partial charge in [-0.25, -0.2) is 0 Å². The Morgan fingerprint density at radius 2 is 1.76 bits per heavy atom. The third-order valence-corrected chi connectivity index (χ3v) is 6.19. The fraction of sp³-hybridized carbons (Fsp3) is 0.857. The van der Waals surface area contributed by atoms with Crippen molar-refractivity contribution in [3.05, 3.63) is 0 Å². The summed E-state index contributed by atoms with van der Waals surface area (Å²) < 4.78 is 37.5. The number of aliphatic imine (C=N–C) groups is 1. The Morgan fingerprint density at radius 3 is 2.33 bits per heavy atom. The SMILES string of the molecule is O=C1N=C(N[C@H]2CC[C@@H](C(F)(F)F)CC2)SC12CCCC2. The minimum Gasteiger partial charge on any atom is -0.362 e. The molecule has 0 saturated heterocycles. The van der Waals surface area contributed by atoms with Gasteiger partial charge in [0, 0.05) is 6.04 Å². The molecule has 7 heteroatoms. The first-order chi connectivity index (χ1) is 9.89. The monoisotopic (exact) mass is 320 g/mol. The summed E-state index contributed by atoms with van der Waals surface area (Å²) in [4.78, 5) is 16.1. The van der Waals surface area contributed by atoms with Gasteiger partial charge in [-0.15, -0.1) is 0 Å². The van der Waals surface area contributed by atoms with Crippen LogP contribution in [-0.2, 0) is 4.79 Å². The summed E-state index contributed by atoms with van der Waals surface area (Å²) in [6, 6.07) is 0.0132. The summed E-state index contributed by atoms with van der Waals surface area (Å²) in [7, 11) is 0. The van der Waals surface area contributed by atoms with Crippen LogP contribution >= 0.6 is 11.8 Å². The predicted octanol–water partition coefficient (Wildman–Crippen LogP) is 3.64. The number of hydrogen-bond donors (Lipinski definition) is 1. The third-order valence-electron chi connectivity index (χ3n) is 4.81. The van der Waals surface area contributed by atoms with Gasteiger partial charge in [0.25, 0.3) is 5.91 Å². The van der Waals surface area contributed by atoms with E-state index in [9.17, 15) is 18.0 Å². The topological polar surface area (TPSA) is 41.5 Å². The van der Waals surface area contributed by atoms with E-state index in [2.05, 4.69) is 10.3 Å². The zero-order valence-electron chi connectivity index (χ0n) is 11.7. The van der Waals surface area contributed by atoms with Crippen molar-refractivity contribution in [2.45, 2.75) is 68.3 Å². The fourth-order valence-corrected chi connectivity index (χ4v) is 4.86. The number of thioether (sulfide) groups is 1. The van der Waals surface area contributed by atoms with Crippen molar-refractivity contribution in [1.29, 1.82) is 0 Å². The van der Waals surface area contributed by atoms with Crippen LogP contribution in [-0.4, -0.2) is 28.0 Å². The first-order valence-corrected chi connectivity index (χ1v) is 8.36. The minimum atomic E-state index is -4.07. The Kier molecular flexibility index (Phi) is 3.96. The van der Waals surface area contributed by atoms with Crippen LogP contribution < -0.4 is 5.32 Å². The Bertz CT molecular complexity index is 450. The number of nitrogens with zero attached hydrogens (tertiary/aromatic N) is 1. The van der Waals surface area contributed by atoms with Crippen LogP contribution in [0.5, 0.6) is 0 Å². The molecule has 0 aromatic heterocycles. The lowest BCUT2D eigenvalue weighted by molar-refractivity contribution is -0.182. The molecule has 0 atom stereocenters. The van der Waals surface area contributed by atoms with Gasteiger partial charge in [0.05, 0.1) is 5.92 Å². The molecule has 118 valence electrons. The average molecular weight is 320 g/mol. The van der Waals surface area contributed by atoms with Crippen molar-refractivity contribution in [3.8, 4) is 0 Å². The van der Waals surface area contributed by atoms with Gasteiger partial charge < -0.3 is 5.32 Å². The number of amides is 1. The molecule has 21 heavy (non-hydrogen) atoms. The maximum absolute atomic E-state index is 12.6. The Morgan fingerprint density at radius 1 is 1.14 bits per heavy atom. The van der Waals surface area contributed by atoms with E-state index < -0.39 is 12.1 Å².